The van der Waals surface area contributed by atoms with E-state index in [2.05, 4.69) is 0 Å². The van der Waals surface area contributed by atoms with E-state index in [0.29, 0.717) is 21.5 Å². The molecule has 0 saturated carbocycles. The van der Waals surface area contributed by atoms with Gasteiger partial charge < -0.3 is 4.74 Å². The quantitative estimate of drug-likeness (QED) is 0.588. The summed E-state index contributed by atoms with van der Waals surface area (Å²) in [6, 6.07) is 13.2. The molecule has 1 fully saturated rings. The first-order valence-electron chi connectivity index (χ1n) is 7.35. The van der Waals surface area contributed by atoms with Gasteiger partial charge in [-0.2, -0.15) is 0 Å². The number of amides is 1. The fraction of sp³-hybridized carbons (Fsp3) is 0.111. The van der Waals surface area contributed by atoms with Gasteiger partial charge in [-0.15, -0.1) is 0 Å². The average molecular weight is 359 g/mol. The highest BCUT2D eigenvalue weighted by atomic mass is 32.2. The van der Waals surface area contributed by atoms with Crippen LogP contribution in [-0.2, 0) is 4.79 Å². The van der Waals surface area contributed by atoms with E-state index in [4.69, 9.17) is 17.0 Å². The van der Waals surface area contributed by atoms with Crippen LogP contribution in [-0.4, -0.2) is 16.8 Å². The second-order valence-electron chi connectivity index (χ2n) is 5.00. The van der Waals surface area contributed by atoms with Gasteiger partial charge in [0.05, 0.1) is 17.2 Å². The zero-order valence-electron chi connectivity index (χ0n) is 12.9. The number of nitrogens with zero attached hydrogens (tertiary/aromatic N) is 1. The second-order valence-corrected chi connectivity index (χ2v) is 6.67. The molecule has 3 nitrogen and oxygen atoms in total. The maximum absolute atomic E-state index is 13.0. The molecule has 0 aromatic heterocycles. The minimum Gasteiger partial charge on any atom is -0.494 e. The van der Waals surface area contributed by atoms with Crippen LogP contribution in [0.2, 0.25) is 0 Å². The largest absolute Gasteiger partial charge is 0.494 e. The number of thioether (sulfide) groups is 1. The SMILES string of the molecule is CCOc1ccc(N2C(=O)/C(=C/c3ccc(F)cc3)SC2=S)cc1. The standard InChI is InChI=1S/C18H14FNO2S2/c1-2-22-15-9-7-14(8-10-15)20-17(21)16(24-18(20)23)11-12-3-5-13(19)6-4-12/h3-11H,2H2,1H3/b16-11-. The van der Waals surface area contributed by atoms with E-state index < -0.39 is 0 Å². The van der Waals surface area contributed by atoms with E-state index in [1.54, 1.807) is 42.5 Å². The summed E-state index contributed by atoms with van der Waals surface area (Å²) < 4.78 is 18.9. The van der Waals surface area contributed by atoms with Gasteiger partial charge >= 0.3 is 0 Å². The van der Waals surface area contributed by atoms with Crippen LogP contribution in [0, 0.1) is 5.82 Å². The number of halogens is 1. The van der Waals surface area contributed by atoms with Crippen molar-refractivity contribution in [1.29, 1.82) is 0 Å². The van der Waals surface area contributed by atoms with Crippen LogP contribution >= 0.6 is 24.0 Å². The minimum absolute atomic E-state index is 0.182. The number of benzene rings is 2. The number of ether oxygens (including phenoxy) is 1. The Balaban J connectivity index is 1.84. The van der Waals surface area contributed by atoms with Crippen molar-refractivity contribution in [2.24, 2.45) is 0 Å². The normalized spacial score (nSPS) is 16.1. The molecule has 1 amide bonds. The monoisotopic (exact) mass is 359 g/mol. The van der Waals surface area contributed by atoms with Crippen LogP contribution in [0.1, 0.15) is 12.5 Å². The molecular weight excluding hydrogens is 345 g/mol. The van der Waals surface area contributed by atoms with Crippen LogP contribution in [0.3, 0.4) is 0 Å². The molecule has 0 atom stereocenters. The summed E-state index contributed by atoms with van der Waals surface area (Å²) in [7, 11) is 0. The zero-order valence-corrected chi connectivity index (χ0v) is 14.5. The van der Waals surface area contributed by atoms with Crippen LogP contribution in [0.25, 0.3) is 6.08 Å². The molecule has 24 heavy (non-hydrogen) atoms. The molecule has 2 aromatic carbocycles. The molecule has 1 aliphatic heterocycles. The van der Waals surface area contributed by atoms with Crippen molar-refractivity contribution < 1.29 is 13.9 Å². The van der Waals surface area contributed by atoms with E-state index in [0.717, 1.165) is 11.3 Å². The van der Waals surface area contributed by atoms with Crippen molar-refractivity contribution in [3.05, 3.63) is 64.8 Å². The molecule has 0 radical (unpaired) electrons. The predicted molar refractivity (Wildman–Crippen MR) is 99.7 cm³/mol. The predicted octanol–water partition coefficient (Wildman–Crippen LogP) is 4.63. The third kappa shape index (κ3) is 3.49. The van der Waals surface area contributed by atoms with E-state index in [1.165, 1.54) is 28.8 Å². The molecule has 122 valence electrons. The van der Waals surface area contributed by atoms with E-state index in [9.17, 15) is 9.18 Å². The van der Waals surface area contributed by atoms with Crippen molar-refractivity contribution in [2.75, 3.05) is 11.5 Å². The first kappa shape index (κ1) is 16.7. The van der Waals surface area contributed by atoms with Gasteiger partial charge in [-0.3, -0.25) is 9.69 Å². The maximum atomic E-state index is 13.0. The number of thiocarbonyl (C=S) groups is 1. The average Bonchev–Trinajstić information content (AvgIpc) is 2.85. The number of anilines is 1. The fourth-order valence-electron chi connectivity index (χ4n) is 2.26. The van der Waals surface area contributed by atoms with E-state index in [-0.39, 0.29) is 11.7 Å². The van der Waals surface area contributed by atoms with Gasteiger partial charge in [-0.05, 0) is 55.0 Å². The van der Waals surface area contributed by atoms with E-state index in [1.807, 2.05) is 6.92 Å². The lowest BCUT2D eigenvalue weighted by Gasteiger charge is -2.15. The number of rotatable bonds is 4. The lowest BCUT2D eigenvalue weighted by atomic mass is 10.2. The molecule has 1 saturated heterocycles. The summed E-state index contributed by atoms with van der Waals surface area (Å²) in [6.45, 7) is 2.50. The molecule has 2 aromatic rings. The minimum atomic E-state index is -0.311. The summed E-state index contributed by atoms with van der Waals surface area (Å²) in [4.78, 5) is 14.6. The summed E-state index contributed by atoms with van der Waals surface area (Å²) in [5, 5.41) is 0. The first-order valence-corrected chi connectivity index (χ1v) is 8.57. The lowest BCUT2D eigenvalue weighted by Crippen LogP contribution is -2.27. The number of hydrogen-bond acceptors (Lipinski definition) is 4. The summed E-state index contributed by atoms with van der Waals surface area (Å²) in [5.74, 6) is 0.251. The maximum Gasteiger partial charge on any atom is 0.270 e. The van der Waals surface area contributed by atoms with Crippen molar-refractivity contribution in [1.82, 2.24) is 0 Å². The molecule has 3 rings (SSSR count). The highest BCUT2D eigenvalue weighted by Gasteiger charge is 2.33. The van der Waals surface area contributed by atoms with Gasteiger partial charge in [-0.25, -0.2) is 4.39 Å². The highest BCUT2D eigenvalue weighted by molar-refractivity contribution is 8.27. The second kappa shape index (κ2) is 7.15. The van der Waals surface area contributed by atoms with Gasteiger partial charge in [0.25, 0.3) is 5.91 Å². The molecule has 0 unspecified atom stereocenters. The number of carbonyl (C=O) groups is 1. The summed E-state index contributed by atoms with van der Waals surface area (Å²) in [6.07, 6.45) is 1.72. The zero-order chi connectivity index (χ0) is 17.1. The molecule has 0 aliphatic carbocycles. The van der Waals surface area contributed by atoms with Gasteiger partial charge in [0, 0.05) is 0 Å². The fourth-order valence-corrected chi connectivity index (χ4v) is 3.56. The Kier molecular flexibility index (Phi) is 4.97. The molecule has 0 N–H and O–H groups in total. The summed E-state index contributed by atoms with van der Waals surface area (Å²) in [5.41, 5.74) is 1.45. The molecule has 1 heterocycles. The Labute approximate surface area is 149 Å². The van der Waals surface area contributed by atoms with Gasteiger partial charge in [0.2, 0.25) is 0 Å². The smallest absolute Gasteiger partial charge is 0.270 e. The van der Waals surface area contributed by atoms with Crippen LogP contribution in [0.5, 0.6) is 5.75 Å². The van der Waals surface area contributed by atoms with Crippen LogP contribution in [0.15, 0.2) is 53.4 Å². The topological polar surface area (TPSA) is 29.5 Å². The van der Waals surface area contributed by atoms with E-state index >= 15 is 0 Å². The van der Waals surface area contributed by atoms with Crippen LogP contribution in [0.4, 0.5) is 10.1 Å². The highest BCUT2D eigenvalue weighted by Crippen LogP contribution is 2.36. The Hall–Kier alpha value is -2.18. The van der Waals surface area contributed by atoms with Gasteiger partial charge in [0.15, 0.2) is 4.32 Å². The Morgan fingerprint density at radius 1 is 1.17 bits per heavy atom. The molecule has 6 heteroatoms. The molecule has 0 bridgehead atoms. The third-order valence-corrected chi connectivity index (χ3v) is 4.67. The van der Waals surface area contributed by atoms with Crippen molar-refractivity contribution in [3.63, 3.8) is 0 Å². The Morgan fingerprint density at radius 3 is 2.46 bits per heavy atom. The van der Waals surface area contributed by atoms with Crippen molar-refractivity contribution in [2.45, 2.75) is 6.92 Å². The number of carbonyl (C=O) groups excluding carboxylic acids is 1. The van der Waals surface area contributed by atoms with Gasteiger partial charge in [-0.1, -0.05) is 36.1 Å². The van der Waals surface area contributed by atoms with Crippen molar-refractivity contribution in [3.8, 4) is 5.75 Å². The number of hydrogen-bond donors (Lipinski definition) is 0. The lowest BCUT2D eigenvalue weighted by molar-refractivity contribution is -0.113. The molecule has 1 aliphatic rings. The Morgan fingerprint density at radius 2 is 1.83 bits per heavy atom. The summed E-state index contributed by atoms with van der Waals surface area (Å²) >= 11 is 6.57. The molecule has 0 spiro atoms. The first-order chi connectivity index (χ1) is 11.6. The Bertz CT molecular complexity index is 801. The third-order valence-electron chi connectivity index (χ3n) is 3.37. The van der Waals surface area contributed by atoms with Crippen molar-refractivity contribution >= 4 is 46.0 Å². The van der Waals surface area contributed by atoms with Gasteiger partial charge in [0.1, 0.15) is 11.6 Å². The molecular formula is C18H14FNO2S2. The van der Waals surface area contributed by atoms with Crippen LogP contribution < -0.4 is 9.64 Å².